The van der Waals surface area contributed by atoms with Gasteiger partial charge in [-0.2, -0.15) is 0 Å². The van der Waals surface area contributed by atoms with Crippen LogP contribution in [0.1, 0.15) is 50.1 Å². The molecule has 0 bridgehead atoms. The zero-order valence-corrected chi connectivity index (χ0v) is 14.1. The molecule has 0 aromatic carbocycles. The lowest BCUT2D eigenvalue weighted by molar-refractivity contribution is 0.542. The van der Waals surface area contributed by atoms with E-state index < -0.39 is 0 Å². The van der Waals surface area contributed by atoms with Crippen LogP contribution in [0.15, 0.2) is 0 Å². The molecule has 0 unspecified atom stereocenters. The lowest BCUT2D eigenvalue weighted by atomic mass is 10.1. The fourth-order valence-corrected chi connectivity index (χ4v) is 2.92. The molecule has 1 fully saturated rings. The van der Waals surface area contributed by atoms with Gasteiger partial charge in [0.25, 0.3) is 0 Å². The lowest BCUT2D eigenvalue weighted by Crippen LogP contribution is -2.23. The van der Waals surface area contributed by atoms with Crippen molar-refractivity contribution in [2.45, 2.75) is 53.4 Å². The standard InChI is InChI=1S/C17H30N4/c1-13(2)12-18-9-7-8-16-14(3)19-17(20-15(16)4)21-10-5-6-11-21/h13,18H,5-12H2,1-4H3. The molecule has 118 valence electrons. The molecule has 1 N–H and O–H groups in total. The van der Waals surface area contributed by atoms with Crippen LogP contribution in [0.5, 0.6) is 0 Å². The number of aromatic nitrogens is 2. The molecule has 4 heteroatoms. The number of nitrogens with zero attached hydrogens (tertiary/aromatic N) is 3. The first-order valence-electron chi connectivity index (χ1n) is 8.37. The van der Waals surface area contributed by atoms with Gasteiger partial charge in [0.2, 0.25) is 5.95 Å². The summed E-state index contributed by atoms with van der Waals surface area (Å²) in [6, 6.07) is 0. The molecule has 21 heavy (non-hydrogen) atoms. The highest BCUT2D eigenvalue weighted by Crippen LogP contribution is 2.20. The first-order valence-corrected chi connectivity index (χ1v) is 8.37. The molecule has 1 aromatic heterocycles. The number of hydrogen-bond acceptors (Lipinski definition) is 4. The second-order valence-electron chi connectivity index (χ2n) is 6.57. The third-order valence-corrected chi connectivity index (χ3v) is 4.13. The number of rotatable bonds is 7. The molecule has 4 nitrogen and oxygen atoms in total. The number of nitrogens with one attached hydrogen (secondary N) is 1. The van der Waals surface area contributed by atoms with Gasteiger partial charge < -0.3 is 10.2 Å². The largest absolute Gasteiger partial charge is 0.341 e. The fraction of sp³-hybridized carbons (Fsp3) is 0.765. The van der Waals surface area contributed by atoms with Crippen molar-refractivity contribution in [1.82, 2.24) is 15.3 Å². The third-order valence-electron chi connectivity index (χ3n) is 4.13. The van der Waals surface area contributed by atoms with Gasteiger partial charge in [-0.25, -0.2) is 9.97 Å². The van der Waals surface area contributed by atoms with E-state index in [4.69, 9.17) is 9.97 Å². The molecule has 0 aliphatic carbocycles. The monoisotopic (exact) mass is 290 g/mol. The van der Waals surface area contributed by atoms with Crippen LogP contribution in [0.4, 0.5) is 5.95 Å². The summed E-state index contributed by atoms with van der Waals surface area (Å²) >= 11 is 0. The molecule has 0 saturated carbocycles. The van der Waals surface area contributed by atoms with E-state index in [2.05, 4.69) is 37.9 Å². The zero-order chi connectivity index (χ0) is 15.2. The van der Waals surface area contributed by atoms with Gasteiger partial charge in [0.1, 0.15) is 0 Å². The van der Waals surface area contributed by atoms with Crippen LogP contribution >= 0.6 is 0 Å². The Morgan fingerprint density at radius 2 is 1.71 bits per heavy atom. The smallest absolute Gasteiger partial charge is 0.225 e. The summed E-state index contributed by atoms with van der Waals surface area (Å²) in [7, 11) is 0. The fourth-order valence-electron chi connectivity index (χ4n) is 2.92. The van der Waals surface area contributed by atoms with Crippen molar-refractivity contribution in [1.29, 1.82) is 0 Å². The second kappa shape index (κ2) is 7.74. The van der Waals surface area contributed by atoms with Gasteiger partial charge >= 0.3 is 0 Å². The van der Waals surface area contributed by atoms with Crippen molar-refractivity contribution in [3.8, 4) is 0 Å². The maximum atomic E-state index is 4.74. The number of hydrogen-bond donors (Lipinski definition) is 1. The Labute approximate surface area is 129 Å². The topological polar surface area (TPSA) is 41.1 Å². The Morgan fingerprint density at radius 1 is 1.10 bits per heavy atom. The number of aryl methyl sites for hydroxylation is 2. The van der Waals surface area contributed by atoms with Gasteiger partial charge in [0, 0.05) is 24.5 Å². The highest BCUT2D eigenvalue weighted by atomic mass is 15.3. The van der Waals surface area contributed by atoms with Crippen molar-refractivity contribution < 1.29 is 0 Å². The molecule has 2 rings (SSSR count). The maximum Gasteiger partial charge on any atom is 0.225 e. The molecular formula is C17H30N4. The maximum absolute atomic E-state index is 4.74. The quantitative estimate of drug-likeness (QED) is 0.784. The van der Waals surface area contributed by atoms with Crippen LogP contribution in [0.2, 0.25) is 0 Å². The van der Waals surface area contributed by atoms with Crippen molar-refractivity contribution in [2.75, 3.05) is 31.1 Å². The summed E-state index contributed by atoms with van der Waals surface area (Å²) in [5.74, 6) is 1.65. The summed E-state index contributed by atoms with van der Waals surface area (Å²) in [6.45, 7) is 13.1. The minimum absolute atomic E-state index is 0.719. The van der Waals surface area contributed by atoms with Gasteiger partial charge in [-0.05, 0) is 64.1 Å². The van der Waals surface area contributed by atoms with E-state index in [0.29, 0.717) is 0 Å². The minimum atomic E-state index is 0.719. The van der Waals surface area contributed by atoms with Gasteiger partial charge in [-0.15, -0.1) is 0 Å². The van der Waals surface area contributed by atoms with Crippen LogP contribution in [-0.2, 0) is 6.42 Å². The molecular weight excluding hydrogens is 260 g/mol. The summed E-state index contributed by atoms with van der Waals surface area (Å²) in [5.41, 5.74) is 3.66. The van der Waals surface area contributed by atoms with Crippen LogP contribution in [0, 0.1) is 19.8 Å². The SMILES string of the molecule is Cc1nc(N2CCCC2)nc(C)c1CCCNCC(C)C. The molecule has 0 amide bonds. The van der Waals surface area contributed by atoms with E-state index in [1.807, 2.05) is 0 Å². The first-order chi connectivity index (χ1) is 10.1. The van der Waals surface area contributed by atoms with Crippen LogP contribution in [0.3, 0.4) is 0 Å². The molecule has 1 saturated heterocycles. The molecule has 1 aliphatic heterocycles. The van der Waals surface area contributed by atoms with Gasteiger partial charge in [-0.3, -0.25) is 0 Å². The molecule has 0 atom stereocenters. The Bertz CT molecular complexity index is 427. The van der Waals surface area contributed by atoms with Crippen LogP contribution < -0.4 is 10.2 Å². The summed E-state index contributed by atoms with van der Waals surface area (Å²) in [4.78, 5) is 11.8. The second-order valence-corrected chi connectivity index (χ2v) is 6.57. The van der Waals surface area contributed by atoms with Gasteiger partial charge in [0.05, 0.1) is 0 Å². The lowest BCUT2D eigenvalue weighted by Gasteiger charge is -2.18. The average Bonchev–Trinajstić information content (AvgIpc) is 2.94. The normalized spacial score (nSPS) is 15.2. The first kappa shape index (κ1) is 16.2. The van der Waals surface area contributed by atoms with E-state index >= 15 is 0 Å². The van der Waals surface area contributed by atoms with E-state index in [0.717, 1.165) is 62.3 Å². The summed E-state index contributed by atoms with van der Waals surface area (Å²) in [6.07, 6.45) is 4.76. The highest BCUT2D eigenvalue weighted by molar-refractivity contribution is 5.37. The number of anilines is 1. The van der Waals surface area contributed by atoms with Gasteiger partial charge in [-0.1, -0.05) is 13.8 Å². The highest BCUT2D eigenvalue weighted by Gasteiger charge is 2.17. The van der Waals surface area contributed by atoms with Crippen molar-refractivity contribution >= 4 is 5.95 Å². The molecule has 0 spiro atoms. The molecule has 1 aliphatic rings. The molecule has 1 aromatic rings. The predicted molar refractivity (Wildman–Crippen MR) is 89.0 cm³/mol. The van der Waals surface area contributed by atoms with Crippen molar-refractivity contribution in [3.63, 3.8) is 0 Å². The third kappa shape index (κ3) is 4.67. The van der Waals surface area contributed by atoms with Crippen LogP contribution in [-0.4, -0.2) is 36.1 Å². The minimum Gasteiger partial charge on any atom is -0.341 e. The van der Waals surface area contributed by atoms with E-state index in [1.54, 1.807) is 0 Å². The Morgan fingerprint density at radius 3 is 2.29 bits per heavy atom. The van der Waals surface area contributed by atoms with Crippen molar-refractivity contribution in [3.05, 3.63) is 17.0 Å². The van der Waals surface area contributed by atoms with E-state index in [-0.39, 0.29) is 0 Å². The Balaban J connectivity index is 1.90. The Hall–Kier alpha value is -1.16. The van der Waals surface area contributed by atoms with E-state index in [9.17, 15) is 0 Å². The average molecular weight is 290 g/mol. The molecule has 0 radical (unpaired) electrons. The zero-order valence-electron chi connectivity index (χ0n) is 14.1. The summed E-state index contributed by atoms with van der Waals surface area (Å²) < 4.78 is 0. The summed E-state index contributed by atoms with van der Waals surface area (Å²) in [5, 5.41) is 3.50. The van der Waals surface area contributed by atoms with Gasteiger partial charge in [0.15, 0.2) is 0 Å². The Kier molecular flexibility index (Phi) is 5.97. The predicted octanol–water partition coefficient (Wildman–Crippen LogP) is 2.87. The molecule has 2 heterocycles. The van der Waals surface area contributed by atoms with Crippen molar-refractivity contribution in [2.24, 2.45) is 5.92 Å². The van der Waals surface area contributed by atoms with E-state index in [1.165, 1.54) is 18.4 Å². The van der Waals surface area contributed by atoms with Crippen LogP contribution in [0.25, 0.3) is 0 Å².